The maximum Gasteiger partial charge on any atom is 0.410 e. The van der Waals surface area contributed by atoms with Crippen LogP contribution in [0, 0.1) is 10.1 Å². The third-order valence-electron chi connectivity index (χ3n) is 3.84. The second-order valence-corrected chi connectivity index (χ2v) is 6.90. The molecule has 0 spiro atoms. The third kappa shape index (κ3) is 4.62. The van der Waals surface area contributed by atoms with Crippen LogP contribution >= 0.6 is 0 Å². The molecule has 2 rings (SSSR count). The molecule has 2 amide bonds. The molecule has 1 aliphatic rings. The van der Waals surface area contributed by atoms with Gasteiger partial charge >= 0.3 is 6.09 Å². The van der Waals surface area contributed by atoms with E-state index in [1.807, 2.05) is 0 Å². The number of carbonyl (C=O) groups is 2. The number of carbonyl (C=O) groups excluding carboxylic acids is 2. The fraction of sp³-hybridized carbons (Fsp3) is 0.529. The number of amides is 2. The van der Waals surface area contributed by atoms with Crippen molar-refractivity contribution in [2.24, 2.45) is 0 Å². The van der Waals surface area contributed by atoms with Gasteiger partial charge in [-0.2, -0.15) is 0 Å². The van der Waals surface area contributed by atoms with Gasteiger partial charge in [-0.1, -0.05) is 0 Å². The van der Waals surface area contributed by atoms with Crippen molar-refractivity contribution in [3.8, 4) is 5.75 Å². The van der Waals surface area contributed by atoms with Crippen molar-refractivity contribution in [2.75, 3.05) is 33.3 Å². The van der Waals surface area contributed by atoms with Crippen LogP contribution in [0.3, 0.4) is 0 Å². The van der Waals surface area contributed by atoms with Gasteiger partial charge in [-0.25, -0.2) is 4.79 Å². The van der Waals surface area contributed by atoms with Crippen LogP contribution in [-0.2, 0) is 4.74 Å². The van der Waals surface area contributed by atoms with Crippen LogP contribution < -0.4 is 4.74 Å². The lowest BCUT2D eigenvalue weighted by Crippen LogP contribution is -2.51. The molecule has 0 N–H and O–H groups in total. The number of hydrogen-bond acceptors (Lipinski definition) is 6. The second kappa shape index (κ2) is 7.59. The topological polar surface area (TPSA) is 102 Å². The van der Waals surface area contributed by atoms with Crippen molar-refractivity contribution in [1.82, 2.24) is 9.80 Å². The predicted molar refractivity (Wildman–Crippen MR) is 93.4 cm³/mol. The first-order valence-electron chi connectivity index (χ1n) is 8.22. The maximum atomic E-state index is 12.7. The van der Waals surface area contributed by atoms with E-state index in [1.165, 1.54) is 25.3 Å². The Hall–Kier alpha value is -2.84. The number of hydrogen-bond donors (Lipinski definition) is 0. The molecule has 0 unspecified atom stereocenters. The summed E-state index contributed by atoms with van der Waals surface area (Å²) in [4.78, 5) is 38.3. The summed E-state index contributed by atoms with van der Waals surface area (Å²) >= 11 is 0. The molecule has 0 bridgehead atoms. The van der Waals surface area contributed by atoms with E-state index in [2.05, 4.69) is 0 Å². The van der Waals surface area contributed by atoms with E-state index >= 15 is 0 Å². The Morgan fingerprint density at radius 3 is 2.19 bits per heavy atom. The number of piperazine rings is 1. The summed E-state index contributed by atoms with van der Waals surface area (Å²) in [5.74, 6) is -0.0930. The number of methoxy groups -OCH3 is 1. The van der Waals surface area contributed by atoms with Crippen LogP contribution in [0.25, 0.3) is 0 Å². The van der Waals surface area contributed by atoms with Gasteiger partial charge in [0.1, 0.15) is 11.4 Å². The van der Waals surface area contributed by atoms with Gasteiger partial charge in [-0.15, -0.1) is 0 Å². The molecule has 142 valence electrons. The standard InChI is InChI=1S/C17H23N3O6/c1-17(2,3)26-16(22)19-9-7-18(8-10-19)15(21)13-11-12(20(23)24)5-6-14(13)25-4/h5-6,11H,7-10H2,1-4H3. The molecule has 0 saturated carbocycles. The molecular formula is C17H23N3O6. The Labute approximate surface area is 151 Å². The lowest BCUT2D eigenvalue weighted by atomic mass is 10.1. The minimum absolute atomic E-state index is 0.132. The van der Waals surface area contributed by atoms with Crippen molar-refractivity contribution in [1.29, 1.82) is 0 Å². The highest BCUT2D eigenvalue weighted by molar-refractivity contribution is 5.97. The first-order chi connectivity index (χ1) is 12.1. The summed E-state index contributed by atoms with van der Waals surface area (Å²) in [6.45, 7) is 6.65. The van der Waals surface area contributed by atoms with E-state index in [-0.39, 0.29) is 22.9 Å². The zero-order chi connectivity index (χ0) is 19.5. The van der Waals surface area contributed by atoms with Gasteiger partial charge in [0.05, 0.1) is 17.6 Å². The molecule has 9 heteroatoms. The lowest BCUT2D eigenvalue weighted by Gasteiger charge is -2.35. The average molecular weight is 365 g/mol. The summed E-state index contributed by atoms with van der Waals surface area (Å²) in [7, 11) is 1.40. The van der Waals surface area contributed by atoms with Crippen molar-refractivity contribution in [3.63, 3.8) is 0 Å². The number of non-ortho nitro benzene ring substituents is 1. The minimum atomic E-state index is -0.583. The molecule has 1 heterocycles. The molecule has 0 atom stereocenters. The van der Waals surface area contributed by atoms with Gasteiger partial charge in [0, 0.05) is 38.3 Å². The Bertz CT molecular complexity index is 705. The van der Waals surface area contributed by atoms with Crippen LogP contribution in [0.4, 0.5) is 10.5 Å². The summed E-state index contributed by atoms with van der Waals surface area (Å²) in [5, 5.41) is 11.0. The highest BCUT2D eigenvalue weighted by atomic mass is 16.6. The number of benzene rings is 1. The lowest BCUT2D eigenvalue weighted by molar-refractivity contribution is -0.384. The quantitative estimate of drug-likeness (QED) is 0.601. The molecule has 1 aliphatic heterocycles. The van der Waals surface area contributed by atoms with Gasteiger partial charge in [-0.05, 0) is 26.8 Å². The molecule has 26 heavy (non-hydrogen) atoms. The second-order valence-electron chi connectivity index (χ2n) is 6.90. The summed E-state index contributed by atoms with van der Waals surface area (Å²) < 4.78 is 10.5. The van der Waals surface area contributed by atoms with E-state index in [4.69, 9.17) is 9.47 Å². The van der Waals surface area contributed by atoms with Crippen LogP contribution in [0.2, 0.25) is 0 Å². The Morgan fingerprint density at radius 2 is 1.69 bits per heavy atom. The van der Waals surface area contributed by atoms with Crippen molar-refractivity contribution in [3.05, 3.63) is 33.9 Å². The largest absolute Gasteiger partial charge is 0.496 e. The van der Waals surface area contributed by atoms with E-state index in [0.717, 1.165) is 0 Å². The highest BCUT2D eigenvalue weighted by Gasteiger charge is 2.29. The first-order valence-corrected chi connectivity index (χ1v) is 8.22. The molecular weight excluding hydrogens is 342 g/mol. The molecule has 1 saturated heterocycles. The van der Waals surface area contributed by atoms with E-state index in [1.54, 1.807) is 30.6 Å². The number of nitrogens with zero attached hydrogens (tertiary/aromatic N) is 3. The van der Waals surface area contributed by atoms with Crippen molar-refractivity contribution in [2.45, 2.75) is 26.4 Å². The van der Waals surface area contributed by atoms with E-state index in [0.29, 0.717) is 26.2 Å². The third-order valence-corrected chi connectivity index (χ3v) is 3.84. The smallest absolute Gasteiger partial charge is 0.410 e. The zero-order valence-electron chi connectivity index (χ0n) is 15.4. The highest BCUT2D eigenvalue weighted by Crippen LogP contribution is 2.26. The molecule has 1 fully saturated rings. The van der Waals surface area contributed by atoms with Crippen molar-refractivity contribution < 1.29 is 24.0 Å². The van der Waals surface area contributed by atoms with E-state index < -0.39 is 16.6 Å². The number of nitro benzene ring substituents is 1. The Kier molecular flexibility index (Phi) is 5.69. The van der Waals surface area contributed by atoms with Gasteiger partial charge in [0.25, 0.3) is 11.6 Å². The molecule has 1 aromatic carbocycles. The molecule has 9 nitrogen and oxygen atoms in total. The maximum absolute atomic E-state index is 12.7. The molecule has 0 aliphatic carbocycles. The zero-order valence-corrected chi connectivity index (χ0v) is 15.4. The van der Waals surface area contributed by atoms with E-state index in [9.17, 15) is 19.7 Å². The molecule has 0 radical (unpaired) electrons. The predicted octanol–water partition coefficient (Wildman–Crippen LogP) is 2.30. The van der Waals surface area contributed by atoms with Crippen molar-refractivity contribution >= 4 is 17.7 Å². The average Bonchev–Trinajstić information content (AvgIpc) is 2.59. The molecule has 0 aromatic heterocycles. The normalized spacial score (nSPS) is 14.8. The minimum Gasteiger partial charge on any atom is -0.496 e. The van der Waals surface area contributed by atoms with Crippen LogP contribution in [0.1, 0.15) is 31.1 Å². The summed E-state index contributed by atoms with van der Waals surface area (Å²) in [6, 6.07) is 3.90. The van der Waals surface area contributed by atoms with Gasteiger partial charge in [0.2, 0.25) is 0 Å². The summed E-state index contributed by atoms with van der Waals surface area (Å²) in [6.07, 6.45) is -0.419. The Balaban J connectivity index is 2.08. The van der Waals surface area contributed by atoms with Crippen LogP contribution in [0.5, 0.6) is 5.75 Å². The fourth-order valence-electron chi connectivity index (χ4n) is 2.57. The number of rotatable bonds is 3. The Morgan fingerprint density at radius 1 is 1.12 bits per heavy atom. The van der Waals surface area contributed by atoms with Gasteiger partial charge < -0.3 is 19.3 Å². The SMILES string of the molecule is COc1ccc([N+](=O)[O-])cc1C(=O)N1CCN(C(=O)OC(C)(C)C)CC1. The number of nitro groups is 1. The summed E-state index contributed by atoms with van der Waals surface area (Å²) in [5.41, 5.74) is -0.630. The molecule has 1 aromatic rings. The van der Waals surface area contributed by atoms with Crippen LogP contribution in [0.15, 0.2) is 18.2 Å². The fourth-order valence-corrected chi connectivity index (χ4v) is 2.57. The first kappa shape index (κ1) is 19.5. The monoisotopic (exact) mass is 365 g/mol. The van der Waals surface area contributed by atoms with Gasteiger partial charge in [-0.3, -0.25) is 14.9 Å². The van der Waals surface area contributed by atoms with Crippen LogP contribution in [-0.4, -0.2) is 65.6 Å². The van der Waals surface area contributed by atoms with Gasteiger partial charge in [0.15, 0.2) is 0 Å². The number of ether oxygens (including phenoxy) is 2.